The highest BCUT2D eigenvalue weighted by molar-refractivity contribution is 7.25. The molecule has 0 spiro atoms. The standard InChI is InChI=1S/C17H8ClN3OS2/c18-11-3-5-19-16-14(11)10-4-6-21(17(22)15(10)24-16)9-1-2-13-12(7-9)20-8-23-13/h1-8H. The van der Waals surface area contributed by atoms with E-state index in [1.807, 2.05) is 24.3 Å². The van der Waals surface area contributed by atoms with Crippen molar-refractivity contribution in [3.05, 3.63) is 63.6 Å². The van der Waals surface area contributed by atoms with Crippen molar-refractivity contribution in [3.8, 4) is 5.69 Å². The second-order valence-electron chi connectivity index (χ2n) is 5.31. The number of pyridine rings is 2. The second-order valence-corrected chi connectivity index (χ2v) is 7.61. The molecular weight excluding hydrogens is 362 g/mol. The number of hydrogen-bond acceptors (Lipinski definition) is 5. The SMILES string of the molecule is O=c1c2sc3nccc(Cl)c3c2ccn1-c1ccc2scnc2c1. The Morgan fingerprint density at radius 1 is 1.12 bits per heavy atom. The van der Waals surface area contributed by atoms with Crippen molar-refractivity contribution in [1.29, 1.82) is 0 Å². The summed E-state index contributed by atoms with van der Waals surface area (Å²) in [5.41, 5.74) is 3.43. The van der Waals surface area contributed by atoms with Crippen LogP contribution in [0.15, 0.2) is 53.0 Å². The minimum atomic E-state index is -0.0684. The van der Waals surface area contributed by atoms with Gasteiger partial charge in [-0.25, -0.2) is 9.97 Å². The van der Waals surface area contributed by atoms with E-state index in [1.54, 1.807) is 39.9 Å². The van der Waals surface area contributed by atoms with E-state index in [1.165, 1.54) is 11.3 Å². The topological polar surface area (TPSA) is 47.8 Å². The third kappa shape index (κ3) is 1.94. The van der Waals surface area contributed by atoms with Crippen LogP contribution in [0.25, 0.3) is 36.2 Å². The fourth-order valence-electron chi connectivity index (χ4n) is 2.85. The predicted molar refractivity (Wildman–Crippen MR) is 101 cm³/mol. The van der Waals surface area contributed by atoms with Gasteiger partial charge in [0.2, 0.25) is 0 Å². The number of nitrogens with zero attached hydrogens (tertiary/aromatic N) is 3. The lowest BCUT2D eigenvalue weighted by Crippen LogP contribution is -2.16. The van der Waals surface area contributed by atoms with Gasteiger partial charge in [-0.3, -0.25) is 9.36 Å². The molecule has 4 nitrogen and oxygen atoms in total. The van der Waals surface area contributed by atoms with Crippen LogP contribution in [-0.4, -0.2) is 14.5 Å². The average Bonchev–Trinajstić information content (AvgIpc) is 3.19. The van der Waals surface area contributed by atoms with E-state index in [0.717, 1.165) is 31.5 Å². The number of thiophene rings is 1. The van der Waals surface area contributed by atoms with Gasteiger partial charge >= 0.3 is 0 Å². The summed E-state index contributed by atoms with van der Waals surface area (Å²) < 4.78 is 3.40. The third-order valence-corrected chi connectivity index (χ3v) is 6.20. The monoisotopic (exact) mass is 369 g/mol. The first-order valence-corrected chi connectivity index (χ1v) is 9.22. The molecule has 0 unspecified atom stereocenters. The quantitative estimate of drug-likeness (QED) is 0.423. The molecule has 5 aromatic rings. The molecule has 0 amide bonds. The number of hydrogen-bond donors (Lipinski definition) is 0. The molecule has 0 radical (unpaired) electrons. The third-order valence-electron chi connectivity index (χ3n) is 3.97. The molecule has 7 heteroatoms. The lowest BCUT2D eigenvalue weighted by molar-refractivity contribution is 1.01. The smallest absolute Gasteiger partial charge is 0.273 e. The normalized spacial score (nSPS) is 11.7. The maximum absolute atomic E-state index is 13.0. The summed E-state index contributed by atoms with van der Waals surface area (Å²) in [6.45, 7) is 0. The Morgan fingerprint density at radius 2 is 2.04 bits per heavy atom. The van der Waals surface area contributed by atoms with Crippen molar-refractivity contribution in [1.82, 2.24) is 14.5 Å². The van der Waals surface area contributed by atoms with Crippen LogP contribution in [0.5, 0.6) is 0 Å². The maximum atomic E-state index is 13.0. The molecule has 0 aliphatic heterocycles. The highest BCUT2D eigenvalue weighted by Gasteiger charge is 2.14. The van der Waals surface area contributed by atoms with Gasteiger partial charge in [0.05, 0.1) is 26.4 Å². The summed E-state index contributed by atoms with van der Waals surface area (Å²) in [6, 6.07) is 9.53. The van der Waals surface area contributed by atoms with Crippen LogP contribution in [0.2, 0.25) is 5.02 Å². The first-order valence-electron chi connectivity index (χ1n) is 7.14. The molecule has 1 aromatic carbocycles. The predicted octanol–water partition coefficient (Wildman–Crippen LogP) is 4.86. The molecule has 0 saturated heterocycles. The van der Waals surface area contributed by atoms with Crippen LogP contribution in [0.1, 0.15) is 0 Å². The molecule has 4 aromatic heterocycles. The Bertz CT molecular complexity index is 1300. The van der Waals surface area contributed by atoms with Gasteiger partial charge in [-0.1, -0.05) is 11.6 Å². The van der Waals surface area contributed by atoms with E-state index in [4.69, 9.17) is 11.6 Å². The van der Waals surface area contributed by atoms with Crippen molar-refractivity contribution >= 4 is 64.8 Å². The molecule has 116 valence electrons. The lowest BCUT2D eigenvalue weighted by atomic mass is 10.2. The van der Waals surface area contributed by atoms with E-state index in [2.05, 4.69) is 9.97 Å². The number of thiazole rings is 1. The zero-order valence-electron chi connectivity index (χ0n) is 12.1. The zero-order chi connectivity index (χ0) is 16.3. The summed E-state index contributed by atoms with van der Waals surface area (Å²) in [7, 11) is 0. The van der Waals surface area contributed by atoms with Gasteiger partial charge in [0.15, 0.2) is 0 Å². The number of aromatic nitrogens is 3. The van der Waals surface area contributed by atoms with E-state index in [0.29, 0.717) is 9.72 Å². The van der Waals surface area contributed by atoms with Gasteiger partial charge in [0.25, 0.3) is 5.56 Å². The minimum Gasteiger partial charge on any atom is -0.283 e. The minimum absolute atomic E-state index is 0.0684. The Kier molecular flexibility index (Phi) is 3.00. The zero-order valence-corrected chi connectivity index (χ0v) is 14.5. The fourth-order valence-corrected chi connectivity index (χ4v) is 4.91. The summed E-state index contributed by atoms with van der Waals surface area (Å²) in [5.74, 6) is 0. The number of fused-ring (bicyclic) bond motifs is 4. The largest absolute Gasteiger partial charge is 0.283 e. The Morgan fingerprint density at radius 3 is 2.96 bits per heavy atom. The molecule has 5 rings (SSSR count). The van der Waals surface area contributed by atoms with Crippen LogP contribution in [0, 0.1) is 0 Å². The number of rotatable bonds is 1. The van der Waals surface area contributed by atoms with Gasteiger partial charge in [0, 0.05) is 23.2 Å². The molecule has 0 fully saturated rings. The highest BCUT2D eigenvalue weighted by Crippen LogP contribution is 2.35. The molecule has 24 heavy (non-hydrogen) atoms. The summed E-state index contributed by atoms with van der Waals surface area (Å²) in [5, 5.41) is 2.31. The molecule has 4 heterocycles. The van der Waals surface area contributed by atoms with Crippen molar-refractivity contribution in [3.63, 3.8) is 0 Å². The second kappa shape index (κ2) is 5.11. The van der Waals surface area contributed by atoms with Crippen molar-refractivity contribution in [2.75, 3.05) is 0 Å². The molecule has 0 atom stereocenters. The molecule has 0 N–H and O–H groups in total. The van der Waals surface area contributed by atoms with Crippen LogP contribution in [0.3, 0.4) is 0 Å². The summed E-state index contributed by atoms with van der Waals surface area (Å²) in [4.78, 5) is 22.4. The van der Waals surface area contributed by atoms with E-state index in [9.17, 15) is 4.79 Å². The van der Waals surface area contributed by atoms with Crippen LogP contribution < -0.4 is 5.56 Å². The van der Waals surface area contributed by atoms with E-state index in [-0.39, 0.29) is 5.56 Å². The summed E-state index contributed by atoms with van der Waals surface area (Å²) >= 11 is 9.25. The fraction of sp³-hybridized carbons (Fsp3) is 0. The molecule has 0 bridgehead atoms. The Labute approximate surface area is 148 Å². The Balaban J connectivity index is 1.83. The van der Waals surface area contributed by atoms with Gasteiger partial charge in [-0.15, -0.1) is 22.7 Å². The van der Waals surface area contributed by atoms with Gasteiger partial charge in [0.1, 0.15) is 9.53 Å². The van der Waals surface area contributed by atoms with E-state index >= 15 is 0 Å². The maximum Gasteiger partial charge on any atom is 0.273 e. The lowest BCUT2D eigenvalue weighted by Gasteiger charge is -2.05. The first kappa shape index (κ1) is 14.1. The van der Waals surface area contributed by atoms with Crippen molar-refractivity contribution in [2.24, 2.45) is 0 Å². The molecular formula is C17H8ClN3OS2. The Hall–Kier alpha value is -2.28. The number of halogens is 1. The van der Waals surface area contributed by atoms with Crippen LogP contribution in [0.4, 0.5) is 0 Å². The van der Waals surface area contributed by atoms with E-state index < -0.39 is 0 Å². The molecule has 0 saturated carbocycles. The molecule has 0 aliphatic rings. The highest BCUT2D eigenvalue weighted by atomic mass is 35.5. The first-order chi connectivity index (χ1) is 11.7. The van der Waals surface area contributed by atoms with Gasteiger partial charge in [-0.2, -0.15) is 0 Å². The summed E-state index contributed by atoms with van der Waals surface area (Å²) in [6.07, 6.45) is 3.45. The van der Waals surface area contributed by atoms with Crippen molar-refractivity contribution < 1.29 is 0 Å². The average molecular weight is 370 g/mol. The van der Waals surface area contributed by atoms with Crippen LogP contribution in [-0.2, 0) is 0 Å². The molecule has 0 aliphatic carbocycles. The van der Waals surface area contributed by atoms with Crippen LogP contribution >= 0.6 is 34.3 Å². The van der Waals surface area contributed by atoms with Crippen molar-refractivity contribution in [2.45, 2.75) is 0 Å². The van der Waals surface area contributed by atoms with Gasteiger partial charge in [-0.05, 0) is 30.3 Å². The number of benzene rings is 1. The van der Waals surface area contributed by atoms with Gasteiger partial charge < -0.3 is 0 Å².